The Morgan fingerprint density at radius 2 is 2.28 bits per heavy atom. The molecule has 0 amide bonds. The number of nitrogens with zero attached hydrogens (tertiary/aromatic N) is 1. The average molecular weight is 249 g/mol. The number of benzene rings is 1. The highest BCUT2D eigenvalue weighted by atomic mass is 19.1. The van der Waals surface area contributed by atoms with Gasteiger partial charge < -0.3 is 4.90 Å². The number of carbonyl (C=O) groups is 1. The molecular weight excluding hydrogens is 229 g/mol. The first-order valence-electron chi connectivity index (χ1n) is 6.67. The zero-order chi connectivity index (χ0) is 13.1. The highest BCUT2D eigenvalue weighted by Crippen LogP contribution is 2.28. The third-order valence-corrected chi connectivity index (χ3v) is 3.68. The zero-order valence-electron chi connectivity index (χ0n) is 11.1. The van der Waals surface area contributed by atoms with E-state index in [0.29, 0.717) is 17.2 Å². The van der Waals surface area contributed by atoms with Crippen LogP contribution in [0.25, 0.3) is 0 Å². The predicted molar refractivity (Wildman–Crippen MR) is 71.6 cm³/mol. The Bertz CT molecular complexity index is 444. The Morgan fingerprint density at radius 1 is 1.50 bits per heavy atom. The van der Waals surface area contributed by atoms with E-state index in [4.69, 9.17) is 0 Å². The Hall–Kier alpha value is -1.38. The number of anilines is 1. The summed E-state index contributed by atoms with van der Waals surface area (Å²) in [6.45, 7) is 5.50. The molecule has 1 atom stereocenters. The molecule has 2 rings (SSSR count). The van der Waals surface area contributed by atoms with Crippen molar-refractivity contribution in [3.63, 3.8) is 0 Å². The summed E-state index contributed by atoms with van der Waals surface area (Å²) in [4.78, 5) is 13.3. The Balaban J connectivity index is 2.12. The molecule has 1 aromatic carbocycles. The highest BCUT2D eigenvalue weighted by molar-refractivity contribution is 5.94. The first-order chi connectivity index (χ1) is 8.61. The molecule has 0 aromatic heterocycles. The van der Waals surface area contributed by atoms with Gasteiger partial charge in [0.25, 0.3) is 0 Å². The zero-order valence-corrected chi connectivity index (χ0v) is 11.1. The lowest BCUT2D eigenvalue weighted by Gasteiger charge is -2.19. The standard InChI is InChI=1S/C15H20FNO/c1-3-4-12-7-8-17(10-12)15-6-5-13(11(2)18)9-14(15)16/h5-6,9,12H,3-4,7-8,10H2,1-2H3. The van der Waals surface area contributed by atoms with Crippen molar-refractivity contribution in [3.05, 3.63) is 29.6 Å². The minimum atomic E-state index is -0.278. The van der Waals surface area contributed by atoms with Crippen LogP contribution in [0.2, 0.25) is 0 Å². The monoisotopic (exact) mass is 249 g/mol. The van der Waals surface area contributed by atoms with Gasteiger partial charge in [-0.15, -0.1) is 0 Å². The molecule has 0 aliphatic carbocycles. The van der Waals surface area contributed by atoms with Gasteiger partial charge in [-0.05, 0) is 43.9 Å². The second-order valence-electron chi connectivity index (χ2n) is 5.11. The van der Waals surface area contributed by atoms with Gasteiger partial charge in [-0.1, -0.05) is 13.3 Å². The van der Waals surface area contributed by atoms with E-state index in [1.807, 2.05) is 0 Å². The number of halogens is 1. The summed E-state index contributed by atoms with van der Waals surface area (Å²) in [6.07, 6.45) is 3.54. The summed E-state index contributed by atoms with van der Waals surface area (Å²) in [5.74, 6) is 0.312. The summed E-state index contributed by atoms with van der Waals surface area (Å²) in [6, 6.07) is 4.80. The van der Waals surface area contributed by atoms with Gasteiger partial charge in [-0.3, -0.25) is 4.79 Å². The molecule has 1 fully saturated rings. The van der Waals surface area contributed by atoms with E-state index in [0.717, 1.165) is 19.5 Å². The molecule has 1 unspecified atom stereocenters. The number of hydrogen-bond donors (Lipinski definition) is 0. The first-order valence-corrected chi connectivity index (χ1v) is 6.67. The minimum Gasteiger partial charge on any atom is -0.369 e. The molecular formula is C15H20FNO. The summed E-state index contributed by atoms with van der Waals surface area (Å²) in [7, 11) is 0. The van der Waals surface area contributed by atoms with Crippen molar-refractivity contribution < 1.29 is 9.18 Å². The van der Waals surface area contributed by atoms with Crippen molar-refractivity contribution in [1.29, 1.82) is 0 Å². The van der Waals surface area contributed by atoms with Crippen molar-refractivity contribution in [2.24, 2.45) is 5.92 Å². The van der Waals surface area contributed by atoms with Crippen LogP contribution in [0.15, 0.2) is 18.2 Å². The molecule has 1 aliphatic heterocycles. The molecule has 18 heavy (non-hydrogen) atoms. The van der Waals surface area contributed by atoms with E-state index < -0.39 is 0 Å². The second-order valence-corrected chi connectivity index (χ2v) is 5.11. The van der Waals surface area contributed by atoms with Crippen LogP contribution in [-0.2, 0) is 0 Å². The molecule has 2 nitrogen and oxygen atoms in total. The SMILES string of the molecule is CCCC1CCN(c2ccc(C(C)=O)cc2F)C1. The molecule has 0 N–H and O–H groups in total. The van der Waals surface area contributed by atoms with Crippen LogP contribution in [0, 0.1) is 11.7 Å². The topological polar surface area (TPSA) is 20.3 Å². The van der Waals surface area contributed by atoms with E-state index in [2.05, 4.69) is 11.8 Å². The third-order valence-electron chi connectivity index (χ3n) is 3.68. The second kappa shape index (κ2) is 5.51. The summed E-state index contributed by atoms with van der Waals surface area (Å²) in [5.41, 5.74) is 1.08. The lowest BCUT2D eigenvalue weighted by Crippen LogP contribution is -2.21. The van der Waals surface area contributed by atoms with Crippen LogP contribution in [0.3, 0.4) is 0 Å². The fraction of sp³-hybridized carbons (Fsp3) is 0.533. The van der Waals surface area contributed by atoms with E-state index >= 15 is 0 Å². The van der Waals surface area contributed by atoms with Crippen LogP contribution in [0.5, 0.6) is 0 Å². The maximum absolute atomic E-state index is 14.0. The lowest BCUT2D eigenvalue weighted by atomic mass is 10.0. The summed E-state index contributed by atoms with van der Waals surface area (Å²) >= 11 is 0. The van der Waals surface area contributed by atoms with Gasteiger partial charge in [-0.2, -0.15) is 0 Å². The lowest BCUT2D eigenvalue weighted by molar-refractivity contribution is 0.101. The number of rotatable bonds is 4. The van der Waals surface area contributed by atoms with Crippen molar-refractivity contribution in [3.8, 4) is 0 Å². The van der Waals surface area contributed by atoms with Crippen molar-refractivity contribution in [2.75, 3.05) is 18.0 Å². The largest absolute Gasteiger partial charge is 0.369 e. The van der Waals surface area contributed by atoms with Crippen LogP contribution in [-0.4, -0.2) is 18.9 Å². The van der Waals surface area contributed by atoms with Gasteiger partial charge >= 0.3 is 0 Å². The maximum atomic E-state index is 14.0. The van der Waals surface area contributed by atoms with Crippen LogP contribution in [0.1, 0.15) is 43.5 Å². The van der Waals surface area contributed by atoms with E-state index in [1.54, 1.807) is 12.1 Å². The summed E-state index contributed by atoms with van der Waals surface area (Å²) in [5, 5.41) is 0. The van der Waals surface area contributed by atoms with Gasteiger partial charge in [-0.25, -0.2) is 4.39 Å². The summed E-state index contributed by atoms with van der Waals surface area (Å²) < 4.78 is 14.0. The van der Waals surface area contributed by atoms with E-state index in [9.17, 15) is 9.18 Å². The Labute approximate surface area is 108 Å². The Kier molecular flexibility index (Phi) is 4.00. The van der Waals surface area contributed by atoms with Gasteiger partial charge in [0.2, 0.25) is 0 Å². The number of carbonyl (C=O) groups excluding carboxylic acids is 1. The van der Waals surface area contributed by atoms with Crippen LogP contribution in [0.4, 0.5) is 10.1 Å². The van der Waals surface area contributed by atoms with Gasteiger partial charge in [0.05, 0.1) is 5.69 Å². The number of Topliss-reactive ketones (excluding diaryl/α,β-unsaturated/α-hetero) is 1. The smallest absolute Gasteiger partial charge is 0.159 e. The Morgan fingerprint density at radius 3 is 2.89 bits per heavy atom. The fourth-order valence-corrected chi connectivity index (χ4v) is 2.68. The third kappa shape index (κ3) is 2.71. The fourth-order valence-electron chi connectivity index (χ4n) is 2.68. The molecule has 0 saturated carbocycles. The number of ketones is 1. The molecule has 0 radical (unpaired) electrons. The normalized spacial score (nSPS) is 19.3. The molecule has 1 heterocycles. The average Bonchev–Trinajstić information content (AvgIpc) is 2.77. The minimum absolute atomic E-state index is 0.0919. The van der Waals surface area contributed by atoms with Gasteiger partial charge in [0, 0.05) is 18.7 Å². The van der Waals surface area contributed by atoms with E-state index in [-0.39, 0.29) is 11.6 Å². The van der Waals surface area contributed by atoms with Crippen LogP contribution < -0.4 is 4.90 Å². The molecule has 3 heteroatoms. The first kappa shape index (κ1) is 13.1. The highest BCUT2D eigenvalue weighted by Gasteiger charge is 2.23. The molecule has 1 saturated heterocycles. The molecule has 1 aliphatic rings. The predicted octanol–water partition coefficient (Wildman–Crippen LogP) is 3.65. The molecule has 1 aromatic rings. The van der Waals surface area contributed by atoms with Gasteiger partial charge in [0.1, 0.15) is 5.82 Å². The molecule has 0 spiro atoms. The quantitative estimate of drug-likeness (QED) is 0.759. The maximum Gasteiger partial charge on any atom is 0.159 e. The van der Waals surface area contributed by atoms with Gasteiger partial charge in [0.15, 0.2) is 5.78 Å². The van der Waals surface area contributed by atoms with Crippen molar-refractivity contribution in [2.45, 2.75) is 33.1 Å². The van der Waals surface area contributed by atoms with Crippen molar-refractivity contribution in [1.82, 2.24) is 0 Å². The van der Waals surface area contributed by atoms with Crippen LogP contribution >= 0.6 is 0 Å². The van der Waals surface area contributed by atoms with Crippen molar-refractivity contribution >= 4 is 11.5 Å². The van der Waals surface area contributed by atoms with E-state index in [1.165, 1.54) is 25.8 Å². The molecule has 0 bridgehead atoms. The number of hydrogen-bond acceptors (Lipinski definition) is 2. The molecule has 98 valence electrons.